The Labute approximate surface area is 104 Å². The third kappa shape index (κ3) is 3.19. The van der Waals surface area contributed by atoms with E-state index in [-0.39, 0.29) is 0 Å². The SMILES string of the molecule is CC[C@H](C)Nc1ncccc1[C@H]1CCCCN1. The van der Waals surface area contributed by atoms with Crippen LogP contribution in [0.25, 0.3) is 0 Å². The fourth-order valence-electron chi connectivity index (χ4n) is 2.27. The fraction of sp³-hybridized carbons (Fsp3) is 0.643. The zero-order chi connectivity index (χ0) is 12.1. The second-order valence-corrected chi connectivity index (χ2v) is 4.90. The molecule has 0 unspecified atom stereocenters. The van der Waals surface area contributed by atoms with Gasteiger partial charge in [-0.05, 0) is 38.8 Å². The minimum absolute atomic E-state index is 0.476. The number of nitrogens with zero attached hydrogens (tertiary/aromatic N) is 1. The maximum atomic E-state index is 4.49. The monoisotopic (exact) mass is 233 g/mol. The van der Waals surface area contributed by atoms with E-state index in [0.717, 1.165) is 18.8 Å². The molecule has 0 amide bonds. The number of hydrogen-bond acceptors (Lipinski definition) is 3. The summed E-state index contributed by atoms with van der Waals surface area (Å²) in [6.07, 6.45) is 6.83. The van der Waals surface area contributed by atoms with E-state index in [0.29, 0.717) is 12.1 Å². The number of aromatic nitrogens is 1. The van der Waals surface area contributed by atoms with Gasteiger partial charge < -0.3 is 10.6 Å². The van der Waals surface area contributed by atoms with Crippen molar-refractivity contribution in [2.75, 3.05) is 11.9 Å². The molecule has 17 heavy (non-hydrogen) atoms. The van der Waals surface area contributed by atoms with E-state index >= 15 is 0 Å². The lowest BCUT2D eigenvalue weighted by Gasteiger charge is -2.26. The van der Waals surface area contributed by atoms with E-state index < -0.39 is 0 Å². The molecule has 3 nitrogen and oxygen atoms in total. The van der Waals surface area contributed by atoms with Gasteiger partial charge in [-0.2, -0.15) is 0 Å². The van der Waals surface area contributed by atoms with Crippen LogP contribution in [-0.2, 0) is 0 Å². The van der Waals surface area contributed by atoms with Crippen molar-refractivity contribution in [2.45, 2.75) is 51.6 Å². The summed E-state index contributed by atoms with van der Waals surface area (Å²) in [6, 6.07) is 5.19. The van der Waals surface area contributed by atoms with E-state index in [9.17, 15) is 0 Å². The van der Waals surface area contributed by atoms with Crippen molar-refractivity contribution in [1.29, 1.82) is 0 Å². The average molecular weight is 233 g/mol. The number of anilines is 1. The molecule has 0 saturated carbocycles. The van der Waals surface area contributed by atoms with Crippen LogP contribution in [0.1, 0.15) is 51.1 Å². The van der Waals surface area contributed by atoms with E-state index in [2.05, 4.69) is 35.5 Å². The molecule has 1 aliphatic rings. The van der Waals surface area contributed by atoms with Gasteiger partial charge in [0.25, 0.3) is 0 Å². The third-order valence-electron chi connectivity index (χ3n) is 3.52. The van der Waals surface area contributed by atoms with Gasteiger partial charge in [-0.15, -0.1) is 0 Å². The van der Waals surface area contributed by atoms with Crippen LogP contribution in [0.2, 0.25) is 0 Å². The van der Waals surface area contributed by atoms with Crippen molar-refractivity contribution in [3.05, 3.63) is 23.9 Å². The first-order valence-electron chi connectivity index (χ1n) is 6.76. The molecule has 2 rings (SSSR count). The molecule has 0 aromatic carbocycles. The summed E-state index contributed by atoms with van der Waals surface area (Å²) in [5.74, 6) is 1.06. The summed E-state index contributed by atoms with van der Waals surface area (Å²) in [7, 11) is 0. The quantitative estimate of drug-likeness (QED) is 0.839. The molecule has 2 N–H and O–H groups in total. The number of nitrogens with one attached hydrogen (secondary N) is 2. The standard InChI is InChI=1S/C14H23N3/c1-3-11(2)17-14-12(7-6-10-16-14)13-8-4-5-9-15-13/h6-7,10-11,13,15H,3-5,8-9H2,1-2H3,(H,16,17)/t11-,13+/m0/s1. The average Bonchev–Trinajstić information content (AvgIpc) is 2.40. The Kier molecular flexibility index (Phi) is 4.37. The van der Waals surface area contributed by atoms with Gasteiger partial charge in [0.05, 0.1) is 0 Å². The normalized spacial score (nSPS) is 22.1. The molecule has 1 saturated heterocycles. The first-order valence-corrected chi connectivity index (χ1v) is 6.76. The van der Waals surface area contributed by atoms with Crippen LogP contribution < -0.4 is 10.6 Å². The minimum atomic E-state index is 0.476. The van der Waals surface area contributed by atoms with Crippen molar-refractivity contribution in [3.8, 4) is 0 Å². The first kappa shape index (κ1) is 12.4. The predicted molar refractivity (Wildman–Crippen MR) is 72.2 cm³/mol. The van der Waals surface area contributed by atoms with E-state index in [1.165, 1.54) is 24.8 Å². The summed E-state index contributed by atoms with van der Waals surface area (Å²) in [4.78, 5) is 4.49. The Bertz CT molecular complexity index is 345. The van der Waals surface area contributed by atoms with E-state index in [1.54, 1.807) is 0 Å². The number of hydrogen-bond donors (Lipinski definition) is 2. The van der Waals surface area contributed by atoms with Gasteiger partial charge >= 0.3 is 0 Å². The smallest absolute Gasteiger partial charge is 0.130 e. The molecule has 0 radical (unpaired) electrons. The van der Waals surface area contributed by atoms with Gasteiger partial charge in [0.1, 0.15) is 5.82 Å². The third-order valence-corrected chi connectivity index (χ3v) is 3.52. The summed E-state index contributed by atoms with van der Waals surface area (Å²) in [5.41, 5.74) is 1.33. The van der Waals surface area contributed by atoms with Crippen LogP contribution in [0.4, 0.5) is 5.82 Å². The summed E-state index contributed by atoms with van der Waals surface area (Å²) >= 11 is 0. The molecule has 1 aliphatic heterocycles. The lowest BCUT2D eigenvalue weighted by atomic mass is 9.98. The Morgan fingerprint density at radius 2 is 2.41 bits per heavy atom. The van der Waals surface area contributed by atoms with E-state index in [4.69, 9.17) is 0 Å². The van der Waals surface area contributed by atoms with Crippen molar-refractivity contribution < 1.29 is 0 Å². The van der Waals surface area contributed by atoms with Crippen LogP contribution in [0.5, 0.6) is 0 Å². The second kappa shape index (κ2) is 6.01. The van der Waals surface area contributed by atoms with Gasteiger partial charge in [-0.1, -0.05) is 19.4 Å². The van der Waals surface area contributed by atoms with E-state index in [1.807, 2.05) is 12.3 Å². The van der Waals surface area contributed by atoms with Crippen molar-refractivity contribution in [1.82, 2.24) is 10.3 Å². The van der Waals surface area contributed by atoms with Gasteiger partial charge in [-0.3, -0.25) is 0 Å². The maximum Gasteiger partial charge on any atom is 0.130 e. The molecule has 1 aromatic rings. The highest BCUT2D eigenvalue weighted by Crippen LogP contribution is 2.27. The fourth-order valence-corrected chi connectivity index (χ4v) is 2.27. The second-order valence-electron chi connectivity index (χ2n) is 4.90. The van der Waals surface area contributed by atoms with Gasteiger partial charge in [0, 0.05) is 23.8 Å². The zero-order valence-corrected chi connectivity index (χ0v) is 10.9. The zero-order valence-electron chi connectivity index (χ0n) is 10.9. The van der Waals surface area contributed by atoms with Gasteiger partial charge in [0.2, 0.25) is 0 Å². The highest BCUT2D eigenvalue weighted by Gasteiger charge is 2.18. The van der Waals surface area contributed by atoms with Gasteiger partial charge in [-0.25, -0.2) is 4.98 Å². The molecular formula is C14H23N3. The van der Waals surface area contributed by atoms with Crippen molar-refractivity contribution in [2.24, 2.45) is 0 Å². The van der Waals surface area contributed by atoms with Gasteiger partial charge in [0.15, 0.2) is 0 Å². The number of piperidine rings is 1. The molecule has 0 bridgehead atoms. The molecule has 1 fully saturated rings. The lowest BCUT2D eigenvalue weighted by molar-refractivity contribution is 0.412. The molecule has 2 heterocycles. The molecule has 2 atom stereocenters. The molecule has 0 spiro atoms. The Hall–Kier alpha value is -1.09. The van der Waals surface area contributed by atoms with Crippen LogP contribution in [0.3, 0.4) is 0 Å². The van der Waals surface area contributed by atoms with Crippen LogP contribution in [0.15, 0.2) is 18.3 Å². The molecule has 3 heteroatoms. The number of rotatable bonds is 4. The van der Waals surface area contributed by atoms with Crippen LogP contribution >= 0.6 is 0 Å². The van der Waals surface area contributed by atoms with Crippen molar-refractivity contribution in [3.63, 3.8) is 0 Å². The highest BCUT2D eigenvalue weighted by atomic mass is 15.0. The lowest BCUT2D eigenvalue weighted by Crippen LogP contribution is -2.28. The Morgan fingerprint density at radius 1 is 1.53 bits per heavy atom. The van der Waals surface area contributed by atoms with Crippen LogP contribution in [-0.4, -0.2) is 17.6 Å². The molecule has 94 valence electrons. The highest BCUT2D eigenvalue weighted by molar-refractivity contribution is 5.46. The maximum absolute atomic E-state index is 4.49. The molecule has 0 aliphatic carbocycles. The Balaban J connectivity index is 2.14. The Morgan fingerprint density at radius 3 is 3.12 bits per heavy atom. The summed E-state index contributed by atoms with van der Waals surface area (Å²) in [6.45, 7) is 5.52. The summed E-state index contributed by atoms with van der Waals surface area (Å²) in [5, 5.41) is 7.09. The molecule has 1 aromatic heterocycles. The predicted octanol–water partition coefficient (Wildman–Crippen LogP) is 3.11. The van der Waals surface area contributed by atoms with Crippen LogP contribution in [0, 0.1) is 0 Å². The largest absolute Gasteiger partial charge is 0.367 e. The minimum Gasteiger partial charge on any atom is -0.367 e. The molecular weight excluding hydrogens is 210 g/mol. The van der Waals surface area contributed by atoms with Crippen molar-refractivity contribution >= 4 is 5.82 Å². The summed E-state index contributed by atoms with van der Waals surface area (Å²) < 4.78 is 0. The topological polar surface area (TPSA) is 37.0 Å². The first-order chi connectivity index (χ1) is 8.31. The number of pyridine rings is 1.